The Hall–Kier alpha value is -5.03. The first-order valence-corrected chi connectivity index (χ1v) is 12.8. The lowest BCUT2D eigenvalue weighted by molar-refractivity contribution is 0.232. The minimum absolute atomic E-state index is 0.186. The number of fused-ring (bicyclic) bond motifs is 2. The molecule has 192 valence electrons. The summed E-state index contributed by atoms with van der Waals surface area (Å²) in [6.07, 6.45) is 0. The van der Waals surface area contributed by atoms with E-state index >= 15 is 0 Å². The van der Waals surface area contributed by atoms with Crippen LogP contribution >= 0.6 is 0 Å². The number of benzene rings is 5. The van der Waals surface area contributed by atoms with Gasteiger partial charge in [-0.15, -0.1) is 0 Å². The average Bonchev–Trinajstić information content (AvgIpc) is 2.99. The van der Waals surface area contributed by atoms with E-state index in [1.54, 1.807) is 18.2 Å². The van der Waals surface area contributed by atoms with Crippen LogP contribution < -0.4 is 19.6 Å². The molecule has 0 atom stereocenters. The van der Waals surface area contributed by atoms with E-state index in [4.69, 9.17) is 18.6 Å². The van der Waals surface area contributed by atoms with E-state index in [1.165, 1.54) is 0 Å². The lowest BCUT2D eigenvalue weighted by Gasteiger charge is -2.19. The van der Waals surface area contributed by atoms with Crippen molar-refractivity contribution in [1.29, 1.82) is 0 Å². The molecule has 0 unspecified atom stereocenters. The van der Waals surface area contributed by atoms with Crippen molar-refractivity contribution in [2.24, 2.45) is 0 Å². The SMILES string of the molecule is O=c1c2ccccc2oc2cc(OCc3ccccc3)c(OCc3ccccc3)c(OCc3ccccc3)c12. The van der Waals surface area contributed by atoms with E-state index in [9.17, 15) is 4.79 Å². The summed E-state index contributed by atoms with van der Waals surface area (Å²) >= 11 is 0. The molecule has 5 heteroatoms. The highest BCUT2D eigenvalue weighted by Crippen LogP contribution is 2.44. The van der Waals surface area contributed by atoms with Crippen LogP contribution in [-0.4, -0.2) is 0 Å². The fraction of sp³-hybridized carbons (Fsp3) is 0.0882. The lowest BCUT2D eigenvalue weighted by Crippen LogP contribution is -2.09. The van der Waals surface area contributed by atoms with Gasteiger partial charge >= 0.3 is 0 Å². The molecule has 0 saturated carbocycles. The van der Waals surface area contributed by atoms with Gasteiger partial charge in [-0.2, -0.15) is 0 Å². The smallest absolute Gasteiger partial charge is 0.205 e. The number of hydrogen-bond donors (Lipinski definition) is 0. The molecule has 39 heavy (non-hydrogen) atoms. The predicted molar refractivity (Wildman–Crippen MR) is 152 cm³/mol. The maximum absolute atomic E-state index is 13.8. The summed E-state index contributed by atoms with van der Waals surface area (Å²) < 4.78 is 25.3. The van der Waals surface area contributed by atoms with E-state index < -0.39 is 0 Å². The van der Waals surface area contributed by atoms with Gasteiger partial charge in [0.2, 0.25) is 11.2 Å². The summed E-state index contributed by atoms with van der Waals surface area (Å²) in [5.41, 5.74) is 3.62. The zero-order chi connectivity index (χ0) is 26.4. The molecule has 0 radical (unpaired) electrons. The molecular weight excluding hydrogens is 488 g/mol. The minimum atomic E-state index is -0.186. The number of para-hydroxylation sites is 1. The molecule has 0 N–H and O–H groups in total. The first-order valence-electron chi connectivity index (χ1n) is 12.8. The Morgan fingerprint density at radius 1 is 0.513 bits per heavy atom. The van der Waals surface area contributed by atoms with Crippen molar-refractivity contribution in [3.05, 3.63) is 148 Å². The van der Waals surface area contributed by atoms with Crippen LogP contribution in [0.4, 0.5) is 0 Å². The second-order valence-corrected chi connectivity index (χ2v) is 9.16. The van der Waals surface area contributed by atoms with Crippen LogP contribution in [0.1, 0.15) is 16.7 Å². The molecule has 1 heterocycles. The molecule has 0 spiro atoms. The topological polar surface area (TPSA) is 57.9 Å². The van der Waals surface area contributed by atoms with E-state index in [1.807, 2.05) is 103 Å². The van der Waals surface area contributed by atoms with Gasteiger partial charge in [-0.05, 0) is 28.8 Å². The molecule has 0 fully saturated rings. The van der Waals surface area contributed by atoms with E-state index in [0.717, 1.165) is 16.7 Å². The Morgan fingerprint density at radius 3 is 1.59 bits per heavy atom. The van der Waals surface area contributed by atoms with Gasteiger partial charge < -0.3 is 18.6 Å². The van der Waals surface area contributed by atoms with Gasteiger partial charge in [-0.25, -0.2) is 0 Å². The van der Waals surface area contributed by atoms with Gasteiger partial charge in [0.15, 0.2) is 11.5 Å². The third-order valence-electron chi connectivity index (χ3n) is 6.43. The second-order valence-electron chi connectivity index (χ2n) is 9.16. The molecule has 6 rings (SSSR count). The molecular formula is C34H26O5. The highest BCUT2D eigenvalue weighted by molar-refractivity contribution is 5.96. The maximum Gasteiger partial charge on any atom is 0.205 e. The molecule has 0 bridgehead atoms. The molecule has 0 saturated heterocycles. The summed E-state index contributed by atoms with van der Waals surface area (Å²) in [6, 6.07) is 38.4. The van der Waals surface area contributed by atoms with Gasteiger partial charge in [0.05, 0.1) is 5.39 Å². The fourth-order valence-corrected chi connectivity index (χ4v) is 4.46. The average molecular weight is 515 g/mol. The normalized spacial score (nSPS) is 11.0. The van der Waals surface area contributed by atoms with Crippen molar-refractivity contribution < 1.29 is 18.6 Å². The van der Waals surface area contributed by atoms with Crippen LogP contribution in [0.3, 0.4) is 0 Å². The Bertz CT molecular complexity index is 1760. The molecule has 0 amide bonds. The first kappa shape index (κ1) is 24.3. The highest BCUT2D eigenvalue weighted by Gasteiger charge is 2.23. The van der Waals surface area contributed by atoms with E-state index in [2.05, 4.69) is 0 Å². The monoisotopic (exact) mass is 514 g/mol. The number of hydrogen-bond acceptors (Lipinski definition) is 5. The Morgan fingerprint density at radius 2 is 1.00 bits per heavy atom. The summed E-state index contributed by atoms with van der Waals surface area (Å²) in [6.45, 7) is 0.824. The molecule has 5 aromatic carbocycles. The van der Waals surface area contributed by atoms with Gasteiger partial charge in [0.25, 0.3) is 0 Å². The molecule has 5 nitrogen and oxygen atoms in total. The van der Waals surface area contributed by atoms with Gasteiger partial charge in [-0.1, -0.05) is 103 Å². The highest BCUT2D eigenvalue weighted by atomic mass is 16.5. The molecule has 1 aromatic heterocycles. The molecule has 6 aromatic rings. The summed E-state index contributed by atoms with van der Waals surface area (Å²) in [5, 5.41) is 0.793. The van der Waals surface area contributed by atoms with Crippen molar-refractivity contribution in [2.75, 3.05) is 0 Å². The quantitative estimate of drug-likeness (QED) is 0.185. The molecule has 0 aliphatic rings. The van der Waals surface area contributed by atoms with Crippen molar-refractivity contribution >= 4 is 21.9 Å². The largest absolute Gasteiger partial charge is 0.485 e. The standard InChI is InChI=1S/C34H26O5/c35-32-27-18-10-11-19-28(27)39-29-20-30(36-21-24-12-4-1-5-13-24)33(37-22-25-14-6-2-7-15-25)34(31(29)32)38-23-26-16-8-3-9-17-26/h1-20H,21-23H2. The minimum Gasteiger partial charge on any atom is -0.485 e. The van der Waals surface area contributed by atoms with Crippen LogP contribution in [0, 0.1) is 0 Å². The fourth-order valence-electron chi connectivity index (χ4n) is 4.46. The second kappa shape index (κ2) is 11.2. The number of ether oxygens (including phenoxy) is 3. The van der Waals surface area contributed by atoms with Crippen LogP contribution in [0.15, 0.2) is 131 Å². The van der Waals surface area contributed by atoms with Crippen LogP contribution in [0.2, 0.25) is 0 Å². The Labute approximate surface area is 225 Å². The summed E-state index contributed by atoms with van der Waals surface area (Å²) in [4.78, 5) is 13.8. The third kappa shape index (κ3) is 5.34. The first-order chi connectivity index (χ1) is 19.3. The van der Waals surface area contributed by atoms with Crippen LogP contribution in [0.5, 0.6) is 17.2 Å². The predicted octanol–water partition coefficient (Wildman–Crippen LogP) is 7.68. The molecule has 0 aliphatic carbocycles. The number of rotatable bonds is 9. The lowest BCUT2D eigenvalue weighted by atomic mass is 10.1. The van der Waals surface area contributed by atoms with Crippen LogP contribution in [-0.2, 0) is 19.8 Å². The third-order valence-corrected chi connectivity index (χ3v) is 6.43. The zero-order valence-electron chi connectivity index (χ0n) is 21.2. The Balaban J connectivity index is 1.51. The van der Waals surface area contributed by atoms with Gasteiger partial charge in [0.1, 0.15) is 36.4 Å². The van der Waals surface area contributed by atoms with E-state index in [0.29, 0.717) is 45.8 Å². The van der Waals surface area contributed by atoms with Gasteiger partial charge in [-0.3, -0.25) is 4.79 Å². The summed E-state index contributed by atoms with van der Waals surface area (Å²) in [7, 11) is 0. The molecule has 0 aliphatic heterocycles. The van der Waals surface area contributed by atoms with Crippen molar-refractivity contribution in [3.63, 3.8) is 0 Å². The summed E-state index contributed by atoms with van der Waals surface area (Å²) in [5.74, 6) is 1.10. The van der Waals surface area contributed by atoms with Crippen molar-refractivity contribution in [3.8, 4) is 17.2 Å². The Kier molecular flexibility index (Phi) is 6.95. The van der Waals surface area contributed by atoms with Crippen LogP contribution in [0.25, 0.3) is 21.9 Å². The van der Waals surface area contributed by atoms with Crippen molar-refractivity contribution in [2.45, 2.75) is 19.8 Å². The van der Waals surface area contributed by atoms with Crippen molar-refractivity contribution in [1.82, 2.24) is 0 Å². The van der Waals surface area contributed by atoms with Gasteiger partial charge in [0, 0.05) is 6.07 Å². The van der Waals surface area contributed by atoms with E-state index in [-0.39, 0.29) is 18.6 Å². The zero-order valence-corrected chi connectivity index (χ0v) is 21.2. The maximum atomic E-state index is 13.8.